The molecular formula is C18H11Ge. The number of hydrogen-bond donors (Lipinski definition) is 0. The van der Waals surface area contributed by atoms with E-state index in [2.05, 4.69) is 83.2 Å². The van der Waals surface area contributed by atoms with Crippen molar-refractivity contribution in [3.8, 4) is 0 Å². The number of hydrogen-bond acceptors (Lipinski definition) is 0. The predicted octanol–water partition coefficient (Wildman–Crippen LogP) is 3.94. The Labute approximate surface area is 120 Å². The van der Waals surface area contributed by atoms with Crippen molar-refractivity contribution in [2.75, 3.05) is 0 Å². The molecule has 4 aromatic rings. The minimum absolute atomic E-state index is 1.31. The second kappa shape index (κ2) is 4.11. The topological polar surface area (TPSA) is 0 Å². The molecule has 19 heavy (non-hydrogen) atoms. The van der Waals surface area contributed by atoms with Gasteiger partial charge in [0.05, 0.1) is 0 Å². The Morgan fingerprint density at radius 3 is 1.95 bits per heavy atom. The van der Waals surface area contributed by atoms with Crippen molar-refractivity contribution in [3.63, 3.8) is 0 Å². The SMILES string of the molecule is [Ge][c]1cc2cc3ccccc3cc2c2ccccc12. The summed E-state index contributed by atoms with van der Waals surface area (Å²) >= 11 is 2.19. The molecule has 1 heteroatoms. The Hall–Kier alpha value is -1.80. The fourth-order valence-corrected chi connectivity index (χ4v) is 3.58. The van der Waals surface area contributed by atoms with Crippen LogP contribution in [-0.2, 0) is 0 Å². The van der Waals surface area contributed by atoms with Gasteiger partial charge in [-0.05, 0) is 0 Å². The van der Waals surface area contributed by atoms with Gasteiger partial charge in [-0.3, -0.25) is 0 Å². The summed E-state index contributed by atoms with van der Waals surface area (Å²) in [5.41, 5.74) is 0. The van der Waals surface area contributed by atoms with E-state index in [1.54, 1.807) is 0 Å². The van der Waals surface area contributed by atoms with Crippen LogP contribution >= 0.6 is 0 Å². The van der Waals surface area contributed by atoms with Crippen molar-refractivity contribution < 1.29 is 0 Å². The van der Waals surface area contributed by atoms with Gasteiger partial charge in [-0.1, -0.05) is 0 Å². The molecule has 0 spiro atoms. The van der Waals surface area contributed by atoms with E-state index in [1.165, 1.54) is 36.7 Å². The molecule has 3 radical (unpaired) electrons. The van der Waals surface area contributed by atoms with Gasteiger partial charge in [0.1, 0.15) is 0 Å². The second-order valence-electron chi connectivity index (χ2n) is 4.89. The van der Waals surface area contributed by atoms with Crippen LogP contribution in [0.4, 0.5) is 0 Å². The molecule has 0 N–H and O–H groups in total. The van der Waals surface area contributed by atoms with Crippen LogP contribution < -0.4 is 4.40 Å². The molecule has 0 atom stereocenters. The monoisotopic (exact) mass is 301 g/mol. The van der Waals surface area contributed by atoms with Crippen LogP contribution in [0, 0.1) is 0 Å². The Kier molecular flexibility index (Phi) is 2.39. The molecule has 0 aliphatic rings. The van der Waals surface area contributed by atoms with Crippen molar-refractivity contribution in [3.05, 3.63) is 66.7 Å². The maximum atomic E-state index is 2.31. The van der Waals surface area contributed by atoms with E-state index >= 15 is 0 Å². The van der Waals surface area contributed by atoms with Gasteiger partial charge in [0.25, 0.3) is 0 Å². The summed E-state index contributed by atoms with van der Waals surface area (Å²) in [6, 6.07) is 24.1. The summed E-state index contributed by atoms with van der Waals surface area (Å²) in [6.45, 7) is 0. The first-order valence-electron chi connectivity index (χ1n) is 6.39. The minimum atomic E-state index is 1.31. The van der Waals surface area contributed by atoms with Gasteiger partial charge in [-0.2, -0.15) is 0 Å². The van der Waals surface area contributed by atoms with Crippen molar-refractivity contribution in [2.45, 2.75) is 0 Å². The van der Waals surface area contributed by atoms with E-state index in [-0.39, 0.29) is 0 Å². The molecule has 4 rings (SSSR count). The Morgan fingerprint density at radius 1 is 0.526 bits per heavy atom. The van der Waals surface area contributed by atoms with Crippen molar-refractivity contribution >= 4 is 53.2 Å². The standard InChI is InChI=1S/C18H11Ge/c19-18-11-14-9-12-5-1-2-6-13(12)10-17(14)15-7-3-4-8-16(15)18/h1-11H. The summed E-state index contributed by atoms with van der Waals surface area (Å²) in [7, 11) is 0. The van der Waals surface area contributed by atoms with Crippen LogP contribution in [0.15, 0.2) is 66.7 Å². The Bertz CT molecular complexity index is 922. The quantitative estimate of drug-likeness (QED) is 0.262. The third-order valence-corrected chi connectivity index (χ3v) is 4.59. The zero-order valence-corrected chi connectivity index (χ0v) is 12.4. The fraction of sp³-hybridized carbons (Fsp3) is 0. The molecule has 87 valence electrons. The third kappa shape index (κ3) is 1.67. The summed E-state index contributed by atoms with van der Waals surface area (Å²) in [5, 5.41) is 8.00. The third-order valence-electron chi connectivity index (χ3n) is 3.73. The average molecular weight is 300 g/mol. The van der Waals surface area contributed by atoms with Crippen LogP contribution in [0.3, 0.4) is 0 Å². The number of fused-ring (bicyclic) bond motifs is 4. The van der Waals surface area contributed by atoms with E-state index in [0.29, 0.717) is 0 Å². The van der Waals surface area contributed by atoms with Crippen LogP contribution in [0.1, 0.15) is 0 Å². The molecule has 0 saturated heterocycles. The second-order valence-corrected chi connectivity index (χ2v) is 6.02. The van der Waals surface area contributed by atoms with Gasteiger partial charge in [-0.25, -0.2) is 0 Å². The van der Waals surface area contributed by atoms with Crippen LogP contribution in [0.5, 0.6) is 0 Å². The summed E-state index contributed by atoms with van der Waals surface area (Å²) in [5.74, 6) is 0. The van der Waals surface area contributed by atoms with Gasteiger partial charge >= 0.3 is 120 Å². The molecule has 0 aliphatic carbocycles. The summed E-state index contributed by atoms with van der Waals surface area (Å²) in [6.07, 6.45) is 0. The van der Waals surface area contributed by atoms with E-state index in [9.17, 15) is 0 Å². The average Bonchev–Trinajstić information content (AvgIpc) is 2.46. The first-order chi connectivity index (χ1) is 9.33. The molecule has 0 fully saturated rings. The molecule has 0 aromatic heterocycles. The Balaban J connectivity index is 2.29. The first-order valence-corrected chi connectivity index (χ1v) is 7.44. The maximum absolute atomic E-state index is 2.31. The van der Waals surface area contributed by atoms with Crippen LogP contribution in [0.25, 0.3) is 32.3 Å². The van der Waals surface area contributed by atoms with Gasteiger partial charge in [0.2, 0.25) is 0 Å². The van der Waals surface area contributed by atoms with Crippen molar-refractivity contribution in [1.29, 1.82) is 0 Å². The predicted molar refractivity (Wildman–Crippen MR) is 84.3 cm³/mol. The molecule has 0 saturated carbocycles. The van der Waals surface area contributed by atoms with Crippen LogP contribution in [-0.4, -0.2) is 16.5 Å². The molecule has 4 aromatic carbocycles. The first kappa shape index (κ1) is 11.1. The van der Waals surface area contributed by atoms with E-state index in [1.807, 2.05) is 0 Å². The van der Waals surface area contributed by atoms with Gasteiger partial charge in [0.15, 0.2) is 0 Å². The van der Waals surface area contributed by atoms with E-state index in [4.69, 9.17) is 0 Å². The van der Waals surface area contributed by atoms with Crippen molar-refractivity contribution in [1.82, 2.24) is 0 Å². The zero-order valence-electron chi connectivity index (χ0n) is 10.4. The van der Waals surface area contributed by atoms with E-state index in [0.717, 1.165) is 0 Å². The number of rotatable bonds is 0. The van der Waals surface area contributed by atoms with Crippen LogP contribution in [0.2, 0.25) is 0 Å². The fourth-order valence-electron chi connectivity index (χ4n) is 2.80. The zero-order chi connectivity index (χ0) is 12.8. The molecule has 0 aliphatic heterocycles. The Morgan fingerprint density at radius 2 is 1.16 bits per heavy atom. The molecule has 0 nitrogen and oxygen atoms in total. The summed E-state index contributed by atoms with van der Waals surface area (Å²) < 4.78 is 1.35. The number of benzene rings is 4. The van der Waals surface area contributed by atoms with E-state index < -0.39 is 0 Å². The normalized spacial score (nSPS) is 11.4. The van der Waals surface area contributed by atoms with Gasteiger partial charge < -0.3 is 0 Å². The molecule has 0 amide bonds. The van der Waals surface area contributed by atoms with Gasteiger partial charge in [0, 0.05) is 0 Å². The molecule has 0 bridgehead atoms. The van der Waals surface area contributed by atoms with Gasteiger partial charge in [-0.15, -0.1) is 0 Å². The molecule has 0 heterocycles. The van der Waals surface area contributed by atoms with Crippen molar-refractivity contribution in [2.24, 2.45) is 0 Å². The summed E-state index contributed by atoms with van der Waals surface area (Å²) in [4.78, 5) is 0. The molecule has 0 unspecified atom stereocenters. The molecular weight excluding hydrogens is 289 g/mol.